The second-order valence-corrected chi connectivity index (χ2v) is 8.04. The van der Waals surface area contributed by atoms with Gasteiger partial charge in [0.15, 0.2) is 16.5 Å². The van der Waals surface area contributed by atoms with Gasteiger partial charge in [-0.3, -0.25) is 14.1 Å². The molecule has 0 N–H and O–H groups in total. The Labute approximate surface area is 174 Å². The molecule has 2 heterocycles. The molecule has 3 aromatic rings. The normalized spacial score (nSPS) is 11.2. The monoisotopic (exact) mass is 417 g/mol. The maximum atomic E-state index is 12.4. The van der Waals surface area contributed by atoms with E-state index in [1.807, 2.05) is 25.3 Å². The molecule has 29 heavy (non-hydrogen) atoms. The van der Waals surface area contributed by atoms with E-state index in [-0.39, 0.29) is 5.56 Å². The third kappa shape index (κ3) is 4.71. The molecule has 8 heteroatoms. The summed E-state index contributed by atoms with van der Waals surface area (Å²) in [5.41, 5.74) is 1.77. The van der Waals surface area contributed by atoms with Crippen molar-refractivity contribution in [3.05, 3.63) is 50.9 Å². The molecule has 0 saturated heterocycles. The molecule has 1 aromatic carbocycles. The van der Waals surface area contributed by atoms with Gasteiger partial charge in [-0.15, -0.1) is 11.3 Å². The first kappa shape index (κ1) is 21.1. The molecule has 156 valence electrons. The fourth-order valence-corrected chi connectivity index (χ4v) is 4.23. The van der Waals surface area contributed by atoms with Gasteiger partial charge in [0.1, 0.15) is 0 Å². The number of hydrogen-bond acceptors (Lipinski definition) is 7. The average molecular weight is 418 g/mol. The molecule has 0 spiro atoms. The molecule has 7 nitrogen and oxygen atoms in total. The lowest BCUT2D eigenvalue weighted by molar-refractivity contribution is 0.252. The van der Waals surface area contributed by atoms with Crippen molar-refractivity contribution < 1.29 is 14.2 Å². The molecule has 0 aliphatic rings. The Morgan fingerprint density at radius 1 is 1.07 bits per heavy atom. The minimum absolute atomic E-state index is 0.0430. The zero-order valence-corrected chi connectivity index (χ0v) is 18.3. The summed E-state index contributed by atoms with van der Waals surface area (Å²) in [6, 6.07) is 5.54. The van der Waals surface area contributed by atoms with E-state index in [2.05, 4.69) is 16.8 Å². The molecule has 0 atom stereocenters. The molecule has 0 amide bonds. The first-order valence-corrected chi connectivity index (χ1v) is 10.3. The Kier molecular flexibility index (Phi) is 6.76. The van der Waals surface area contributed by atoms with Crippen molar-refractivity contribution >= 4 is 16.3 Å². The predicted molar refractivity (Wildman–Crippen MR) is 115 cm³/mol. The number of aromatic nitrogens is 2. The summed E-state index contributed by atoms with van der Waals surface area (Å²) in [5.74, 6) is 1.84. The summed E-state index contributed by atoms with van der Waals surface area (Å²) in [6.45, 7) is 6.26. The van der Waals surface area contributed by atoms with Gasteiger partial charge in [-0.1, -0.05) is 6.92 Å². The number of rotatable bonds is 9. The molecule has 2 aromatic heterocycles. The zero-order valence-electron chi connectivity index (χ0n) is 17.5. The van der Waals surface area contributed by atoms with Gasteiger partial charge in [-0.2, -0.15) is 0 Å². The van der Waals surface area contributed by atoms with Crippen LogP contribution in [0.4, 0.5) is 0 Å². The Hall–Kier alpha value is -2.58. The summed E-state index contributed by atoms with van der Waals surface area (Å²) >= 11 is 1.53. The van der Waals surface area contributed by atoms with Crippen molar-refractivity contribution in [2.24, 2.45) is 0 Å². The van der Waals surface area contributed by atoms with E-state index in [1.165, 1.54) is 11.3 Å². The summed E-state index contributed by atoms with van der Waals surface area (Å²) in [4.78, 5) is 21.2. The summed E-state index contributed by atoms with van der Waals surface area (Å²) in [5, 5.41) is 0. The van der Waals surface area contributed by atoms with Gasteiger partial charge in [-0.05, 0) is 37.6 Å². The van der Waals surface area contributed by atoms with Crippen LogP contribution in [0.1, 0.15) is 29.5 Å². The van der Waals surface area contributed by atoms with Gasteiger partial charge in [-0.25, -0.2) is 4.98 Å². The van der Waals surface area contributed by atoms with Crippen LogP contribution in [0.15, 0.2) is 29.2 Å². The smallest absolute Gasteiger partial charge is 0.258 e. The van der Waals surface area contributed by atoms with E-state index < -0.39 is 0 Å². The van der Waals surface area contributed by atoms with Crippen molar-refractivity contribution in [3.63, 3.8) is 0 Å². The molecule has 3 rings (SSSR count). The number of aryl methyl sites for hydroxylation is 1. The Morgan fingerprint density at radius 3 is 2.34 bits per heavy atom. The Bertz CT molecular complexity index is 1020. The van der Waals surface area contributed by atoms with Crippen LogP contribution in [0.25, 0.3) is 4.96 Å². The molecule has 0 radical (unpaired) electrons. The minimum Gasteiger partial charge on any atom is -0.493 e. The highest BCUT2D eigenvalue weighted by Crippen LogP contribution is 2.38. The van der Waals surface area contributed by atoms with Gasteiger partial charge >= 0.3 is 0 Å². The number of fused-ring (bicyclic) bond motifs is 1. The minimum atomic E-state index is -0.0430. The molecule has 0 bridgehead atoms. The highest BCUT2D eigenvalue weighted by Gasteiger charge is 2.16. The molecular weight excluding hydrogens is 390 g/mol. The highest BCUT2D eigenvalue weighted by atomic mass is 32.1. The summed E-state index contributed by atoms with van der Waals surface area (Å²) < 4.78 is 17.9. The van der Waals surface area contributed by atoms with E-state index >= 15 is 0 Å². The first-order chi connectivity index (χ1) is 14.0. The van der Waals surface area contributed by atoms with Gasteiger partial charge in [0.05, 0.1) is 27.0 Å². The van der Waals surface area contributed by atoms with Crippen LogP contribution in [0.5, 0.6) is 17.2 Å². The summed E-state index contributed by atoms with van der Waals surface area (Å²) in [7, 11) is 4.82. The maximum Gasteiger partial charge on any atom is 0.258 e. The predicted octanol–water partition coefficient (Wildman–Crippen LogP) is 3.50. The molecule has 0 aliphatic carbocycles. The first-order valence-electron chi connectivity index (χ1n) is 9.49. The quantitative estimate of drug-likeness (QED) is 0.531. The van der Waals surface area contributed by atoms with Crippen molar-refractivity contribution in [2.45, 2.75) is 33.4 Å². The molecule has 0 saturated carbocycles. The van der Waals surface area contributed by atoms with E-state index in [0.29, 0.717) is 30.3 Å². The van der Waals surface area contributed by atoms with Crippen molar-refractivity contribution in [3.8, 4) is 17.2 Å². The van der Waals surface area contributed by atoms with Crippen LogP contribution in [0.2, 0.25) is 0 Å². The fourth-order valence-electron chi connectivity index (χ4n) is 3.38. The third-order valence-corrected chi connectivity index (χ3v) is 5.49. The second-order valence-electron chi connectivity index (χ2n) is 6.82. The van der Waals surface area contributed by atoms with Crippen LogP contribution in [-0.4, -0.2) is 42.2 Å². The lowest BCUT2D eigenvalue weighted by Gasteiger charge is -2.22. The van der Waals surface area contributed by atoms with Crippen molar-refractivity contribution in [2.75, 3.05) is 27.9 Å². The third-order valence-electron chi connectivity index (χ3n) is 4.59. The number of nitrogens with zero attached hydrogens (tertiary/aromatic N) is 3. The van der Waals surface area contributed by atoms with Crippen LogP contribution >= 0.6 is 11.3 Å². The topological polar surface area (TPSA) is 65.3 Å². The van der Waals surface area contributed by atoms with Crippen LogP contribution in [-0.2, 0) is 13.1 Å². The van der Waals surface area contributed by atoms with Crippen LogP contribution < -0.4 is 19.8 Å². The average Bonchev–Trinajstić information content (AvgIpc) is 3.08. The van der Waals surface area contributed by atoms with Crippen LogP contribution in [0.3, 0.4) is 0 Å². The Balaban J connectivity index is 1.88. The van der Waals surface area contributed by atoms with Gasteiger partial charge in [0, 0.05) is 30.2 Å². The molecule has 0 fully saturated rings. The Morgan fingerprint density at radius 2 is 1.76 bits per heavy atom. The highest BCUT2D eigenvalue weighted by molar-refractivity contribution is 7.16. The largest absolute Gasteiger partial charge is 0.493 e. The lowest BCUT2D eigenvalue weighted by atomic mass is 10.1. The lowest BCUT2D eigenvalue weighted by Crippen LogP contribution is -2.25. The number of thiazole rings is 1. The fraction of sp³-hybridized carbons (Fsp3) is 0.429. The standard InChI is InChI=1S/C21H27N3O4S/c1-6-7-23(12-15-8-17(26-3)20(28-5)18(9-15)27-4)13-16-10-19(25)24-11-14(2)29-21(24)22-16/h8-11H,6-7,12-13H2,1-5H3. The number of benzene rings is 1. The van der Waals surface area contributed by atoms with E-state index in [0.717, 1.165) is 34.1 Å². The van der Waals surface area contributed by atoms with Crippen molar-refractivity contribution in [1.29, 1.82) is 0 Å². The number of hydrogen-bond donors (Lipinski definition) is 0. The number of methoxy groups -OCH3 is 3. The summed E-state index contributed by atoms with van der Waals surface area (Å²) in [6.07, 6.45) is 2.82. The van der Waals surface area contributed by atoms with Crippen molar-refractivity contribution in [1.82, 2.24) is 14.3 Å². The van der Waals surface area contributed by atoms with Crippen LogP contribution in [0, 0.1) is 6.92 Å². The van der Waals surface area contributed by atoms with E-state index in [9.17, 15) is 4.79 Å². The van der Waals surface area contributed by atoms with Gasteiger partial charge < -0.3 is 14.2 Å². The SMILES string of the molecule is CCCN(Cc1cc(OC)c(OC)c(OC)c1)Cc1cc(=O)n2cc(C)sc2n1. The van der Waals surface area contributed by atoms with Gasteiger partial charge in [0.2, 0.25) is 5.75 Å². The van der Waals surface area contributed by atoms with E-state index in [4.69, 9.17) is 14.2 Å². The maximum absolute atomic E-state index is 12.4. The second kappa shape index (κ2) is 9.28. The zero-order chi connectivity index (χ0) is 21.0. The number of ether oxygens (including phenoxy) is 3. The molecule has 0 aliphatic heterocycles. The molecular formula is C21H27N3O4S. The van der Waals surface area contributed by atoms with Gasteiger partial charge in [0.25, 0.3) is 5.56 Å². The van der Waals surface area contributed by atoms with E-state index in [1.54, 1.807) is 31.8 Å². The molecule has 0 unspecified atom stereocenters.